The first-order chi connectivity index (χ1) is 6.11. The Hall–Kier alpha value is -0.400. The van der Waals surface area contributed by atoms with Gasteiger partial charge >= 0.3 is 0 Å². The van der Waals surface area contributed by atoms with Crippen LogP contribution in [0.5, 0.6) is 5.75 Å². The van der Waals surface area contributed by atoms with Crippen LogP contribution in [0, 0.1) is 0 Å². The highest BCUT2D eigenvalue weighted by molar-refractivity contribution is 6.32. The van der Waals surface area contributed by atoms with Crippen molar-refractivity contribution in [3.05, 3.63) is 29.3 Å². The Kier molecular flexibility index (Phi) is 3.89. The molecule has 1 aromatic carbocycles. The van der Waals surface area contributed by atoms with E-state index < -0.39 is 0 Å². The lowest BCUT2D eigenvalue weighted by Crippen LogP contribution is -2.21. The van der Waals surface area contributed by atoms with Gasteiger partial charge in [0.15, 0.2) is 0 Å². The smallest absolute Gasteiger partial charge is 0.138 e. The van der Waals surface area contributed by atoms with E-state index in [2.05, 4.69) is 0 Å². The van der Waals surface area contributed by atoms with E-state index in [1.807, 2.05) is 32.0 Å². The number of benzene rings is 1. The van der Waals surface area contributed by atoms with Crippen molar-refractivity contribution < 1.29 is 4.74 Å². The van der Waals surface area contributed by atoms with Crippen molar-refractivity contribution in [1.82, 2.24) is 0 Å². The molecule has 2 unspecified atom stereocenters. The third-order valence-corrected chi connectivity index (χ3v) is 2.46. The van der Waals surface area contributed by atoms with Gasteiger partial charge in [-0.2, -0.15) is 0 Å². The first-order valence-electron chi connectivity index (χ1n) is 4.16. The lowest BCUT2D eigenvalue weighted by molar-refractivity contribution is 0.221. The molecule has 0 aliphatic rings. The Morgan fingerprint density at radius 3 is 2.38 bits per heavy atom. The highest BCUT2D eigenvalue weighted by Gasteiger charge is 2.11. The summed E-state index contributed by atoms with van der Waals surface area (Å²) in [4.78, 5) is 0. The fourth-order valence-corrected chi connectivity index (χ4v) is 1.07. The summed E-state index contributed by atoms with van der Waals surface area (Å²) < 4.78 is 5.54. The molecule has 0 N–H and O–H groups in total. The van der Waals surface area contributed by atoms with Crippen molar-refractivity contribution in [2.75, 3.05) is 0 Å². The predicted molar refractivity (Wildman–Crippen MR) is 56.9 cm³/mol. The molecule has 0 aromatic heterocycles. The van der Waals surface area contributed by atoms with E-state index in [0.717, 1.165) is 0 Å². The summed E-state index contributed by atoms with van der Waals surface area (Å²) in [6.07, 6.45) is -0.0402. The molecule has 0 aliphatic heterocycles. The molecule has 0 heterocycles. The van der Waals surface area contributed by atoms with Gasteiger partial charge < -0.3 is 4.74 Å². The van der Waals surface area contributed by atoms with Gasteiger partial charge in [0.25, 0.3) is 0 Å². The van der Waals surface area contributed by atoms with Crippen LogP contribution in [0.15, 0.2) is 24.3 Å². The predicted octanol–water partition coefficient (Wildman–Crippen LogP) is 3.73. The zero-order valence-electron chi connectivity index (χ0n) is 7.63. The Morgan fingerprint density at radius 1 is 1.23 bits per heavy atom. The topological polar surface area (TPSA) is 9.23 Å². The maximum atomic E-state index is 5.90. The van der Waals surface area contributed by atoms with Gasteiger partial charge in [0, 0.05) is 0 Å². The minimum atomic E-state index is -0.0402. The SMILES string of the molecule is CC(Cl)C(C)Oc1ccccc1Cl. The zero-order chi connectivity index (χ0) is 9.84. The molecule has 2 atom stereocenters. The molecule has 0 bridgehead atoms. The quantitative estimate of drug-likeness (QED) is 0.703. The van der Waals surface area contributed by atoms with Crippen molar-refractivity contribution in [1.29, 1.82) is 0 Å². The van der Waals surface area contributed by atoms with Crippen molar-refractivity contribution in [3.63, 3.8) is 0 Å². The summed E-state index contributed by atoms with van der Waals surface area (Å²) in [5.41, 5.74) is 0. The minimum Gasteiger partial charge on any atom is -0.488 e. The molecular weight excluding hydrogens is 207 g/mol. The number of ether oxygens (including phenoxy) is 1. The largest absolute Gasteiger partial charge is 0.488 e. The van der Waals surface area contributed by atoms with Crippen LogP contribution in [0.4, 0.5) is 0 Å². The number of halogens is 2. The second-order valence-electron chi connectivity index (χ2n) is 2.93. The summed E-state index contributed by atoms with van der Waals surface area (Å²) in [7, 11) is 0. The van der Waals surface area contributed by atoms with Gasteiger partial charge in [-0.1, -0.05) is 23.7 Å². The summed E-state index contributed by atoms with van der Waals surface area (Å²) in [5.74, 6) is 0.684. The Balaban J connectivity index is 2.69. The highest BCUT2D eigenvalue weighted by atomic mass is 35.5. The Bertz CT molecular complexity index is 273. The third-order valence-electron chi connectivity index (χ3n) is 1.80. The molecule has 0 amide bonds. The van der Waals surface area contributed by atoms with Crippen LogP contribution in [0.1, 0.15) is 13.8 Å². The van der Waals surface area contributed by atoms with Crippen molar-refractivity contribution in [2.24, 2.45) is 0 Å². The molecule has 72 valence electrons. The van der Waals surface area contributed by atoms with Crippen LogP contribution >= 0.6 is 23.2 Å². The lowest BCUT2D eigenvalue weighted by Gasteiger charge is -2.17. The number of hydrogen-bond donors (Lipinski definition) is 0. The number of alkyl halides is 1. The molecule has 1 rings (SSSR count). The first kappa shape index (κ1) is 10.7. The summed E-state index contributed by atoms with van der Waals surface area (Å²) in [6.45, 7) is 3.81. The molecule has 1 nitrogen and oxygen atoms in total. The van der Waals surface area contributed by atoms with Crippen LogP contribution in [0.2, 0.25) is 5.02 Å². The maximum Gasteiger partial charge on any atom is 0.138 e. The zero-order valence-corrected chi connectivity index (χ0v) is 9.14. The fraction of sp³-hybridized carbons (Fsp3) is 0.400. The van der Waals surface area contributed by atoms with E-state index in [1.54, 1.807) is 6.07 Å². The molecule has 0 saturated heterocycles. The van der Waals surface area contributed by atoms with Crippen molar-refractivity contribution in [2.45, 2.75) is 25.3 Å². The normalized spacial score (nSPS) is 15.1. The Morgan fingerprint density at radius 2 is 1.85 bits per heavy atom. The van der Waals surface area contributed by atoms with Crippen molar-refractivity contribution in [3.8, 4) is 5.75 Å². The van der Waals surface area contributed by atoms with E-state index in [4.69, 9.17) is 27.9 Å². The second kappa shape index (κ2) is 4.73. The summed E-state index contributed by atoms with van der Waals surface area (Å²) in [6, 6.07) is 7.37. The molecule has 3 heteroatoms. The number of hydrogen-bond acceptors (Lipinski definition) is 1. The Labute approximate surface area is 88.6 Å². The van der Waals surface area contributed by atoms with Crippen LogP contribution in [-0.2, 0) is 0 Å². The third kappa shape index (κ3) is 3.09. The van der Waals surface area contributed by atoms with Gasteiger partial charge in [-0.25, -0.2) is 0 Å². The van der Waals surface area contributed by atoms with E-state index >= 15 is 0 Å². The molecule has 0 spiro atoms. The van der Waals surface area contributed by atoms with E-state index in [9.17, 15) is 0 Å². The molecule has 0 aliphatic carbocycles. The van der Waals surface area contributed by atoms with E-state index in [0.29, 0.717) is 10.8 Å². The van der Waals surface area contributed by atoms with Gasteiger partial charge in [-0.15, -0.1) is 11.6 Å². The lowest BCUT2D eigenvalue weighted by atomic mass is 10.3. The van der Waals surface area contributed by atoms with Crippen LogP contribution in [-0.4, -0.2) is 11.5 Å². The van der Waals surface area contributed by atoms with Gasteiger partial charge in [-0.3, -0.25) is 0 Å². The highest BCUT2D eigenvalue weighted by Crippen LogP contribution is 2.25. The monoisotopic (exact) mass is 218 g/mol. The molecule has 13 heavy (non-hydrogen) atoms. The van der Waals surface area contributed by atoms with Gasteiger partial charge in [-0.05, 0) is 26.0 Å². The minimum absolute atomic E-state index is 0.0312. The number of para-hydroxylation sites is 1. The average molecular weight is 219 g/mol. The second-order valence-corrected chi connectivity index (χ2v) is 4.03. The van der Waals surface area contributed by atoms with Crippen LogP contribution in [0.25, 0.3) is 0 Å². The number of rotatable bonds is 3. The van der Waals surface area contributed by atoms with E-state index in [1.165, 1.54) is 0 Å². The van der Waals surface area contributed by atoms with Crippen LogP contribution < -0.4 is 4.74 Å². The summed E-state index contributed by atoms with van der Waals surface area (Å²) >= 11 is 11.8. The first-order valence-corrected chi connectivity index (χ1v) is 4.98. The van der Waals surface area contributed by atoms with Gasteiger partial charge in [0.2, 0.25) is 0 Å². The van der Waals surface area contributed by atoms with Gasteiger partial charge in [0.1, 0.15) is 11.9 Å². The molecule has 1 aromatic rings. The molecule has 0 saturated carbocycles. The maximum absolute atomic E-state index is 5.90. The summed E-state index contributed by atoms with van der Waals surface area (Å²) in [5, 5.41) is 0.586. The fourth-order valence-electron chi connectivity index (χ4n) is 0.834. The molecular formula is C10H12Cl2O. The van der Waals surface area contributed by atoms with Gasteiger partial charge in [0.05, 0.1) is 10.4 Å². The molecule has 0 radical (unpaired) electrons. The standard InChI is InChI=1S/C10H12Cl2O/c1-7(11)8(2)13-10-6-4-3-5-9(10)12/h3-8H,1-2H3. The van der Waals surface area contributed by atoms with E-state index in [-0.39, 0.29) is 11.5 Å². The average Bonchev–Trinajstić information content (AvgIpc) is 2.08. The molecule has 0 fully saturated rings. The van der Waals surface area contributed by atoms with Crippen LogP contribution in [0.3, 0.4) is 0 Å². The van der Waals surface area contributed by atoms with Crippen molar-refractivity contribution >= 4 is 23.2 Å².